The Hall–Kier alpha value is -3.82. The Morgan fingerprint density at radius 1 is 0.384 bits per heavy atom. The molecule has 0 radical (unpaired) electrons. The van der Waals surface area contributed by atoms with E-state index in [1.807, 2.05) is 0 Å². The van der Waals surface area contributed by atoms with Gasteiger partial charge in [-0.25, -0.2) is 0 Å². The van der Waals surface area contributed by atoms with Gasteiger partial charge < -0.3 is 111 Å². The minimum atomic E-state index is -1.28. The molecule has 3 fully saturated rings. The number of methoxy groups -OCH3 is 1. The van der Waals surface area contributed by atoms with Crippen LogP contribution in [0.3, 0.4) is 0 Å². The fraction of sp³-hybridized carbons (Fsp3) is 0.897. The maximum absolute atomic E-state index is 14.2. The number of hydrogen-bond donors (Lipinski definition) is 15. The molecule has 15 N–H and O–H groups in total. The van der Waals surface area contributed by atoms with Crippen molar-refractivity contribution >= 4 is 35.4 Å². The molecule has 0 aliphatic carbocycles. The number of carbonyl (C=O) groups excluding carboxylic acids is 6. The van der Waals surface area contributed by atoms with Gasteiger partial charge in [-0.15, -0.1) is 0 Å². The molecule has 6 amide bonds. The van der Waals surface area contributed by atoms with E-state index in [1.165, 1.54) is 0 Å². The smallest absolute Gasteiger partial charge is 0.243 e. The molecule has 0 aromatic heterocycles. The van der Waals surface area contributed by atoms with Gasteiger partial charge >= 0.3 is 0 Å². The quantitative estimate of drug-likeness (QED) is 0.0297. The molecule has 0 bridgehead atoms. The van der Waals surface area contributed by atoms with E-state index in [0.717, 1.165) is 0 Å². The van der Waals surface area contributed by atoms with E-state index in [-0.39, 0.29) is 82.7 Å². The SMILES string of the molecule is COCCCNC(=O)CCCCCNC(=O)C(CCCCNC(=O)CCCCO[C@@H]1OC(CO)[C@H](O)[C@H](O)C1C)NC(=O)C(CCCCNC(=O)CCCCO[C@@H]1OC(CO)[C@H](O)[C@H](O)C1C)NC(=O)CCCCO[C@@H]1OC(CO)[C@H](O)[C@H](O)C1C. The van der Waals surface area contributed by atoms with Crippen LogP contribution in [0.2, 0.25) is 0 Å². The molecule has 17 atom stereocenters. The molecule has 0 aromatic rings. The van der Waals surface area contributed by atoms with Crippen molar-refractivity contribution in [2.45, 2.75) is 235 Å². The highest BCUT2D eigenvalue weighted by molar-refractivity contribution is 5.92. The Balaban J connectivity index is 1.57. The van der Waals surface area contributed by atoms with Gasteiger partial charge in [0.2, 0.25) is 35.4 Å². The fourth-order valence-corrected chi connectivity index (χ4v) is 10.1. The van der Waals surface area contributed by atoms with Crippen LogP contribution >= 0.6 is 0 Å². The maximum Gasteiger partial charge on any atom is 0.243 e. The zero-order chi connectivity index (χ0) is 63.4. The molecular formula is C58H106N6O22. The molecule has 0 saturated carbocycles. The topological polar surface area (TPSA) is 421 Å². The average molecular weight is 1240 g/mol. The molecule has 3 rings (SSSR count). The van der Waals surface area contributed by atoms with Gasteiger partial charge in [0.05, 0.1) is 38.1 Å². The van der Waals surface area contributed by atoms with E-state index in [4.69, 9.17) is 33.2 Å². The van der Waals surface area contributed by atoms with E-state index < -0.39 is 141 Å². The highest BCUT2D eigenvalue weighted by Crippen LogP contribution is 2.29. The molecule has 28 heteroatoms. The number of carbonyl (C=O) groups is 6. The van der Waals surface area contributed by atoms with Crippen molar-refractivity contribution in [3.05, 3.63) is 0 Å². The summed E-state index contributed by atoms with van der Waals surface area (Å²) < 4.78 is 39.1. The molecule has 8 unspecified atom stereocenters. The number of amides is 6. The summed E-state index contributed by atoms with van der Waals surface area (Å²) in [4.78, 5) is 79.2. The lowest BCUT2D eigenvalue weighted by atomic mass is 9.92. The molecule has 3 aliphatic heterocycles. The molecule has 3 heterocycles. The first kappa shape index (κ1) is 76.4. The third-order valence-corrected chi connectivity index (χ3v) is 15.8. The standard InChI is InChI=1S/C58H106N6O22/c1-36-48(72)51(75)41(33-65)84-56(36)81-30-15-9-22-45(69)59-25-13-7-19-39(54(78)62-27-12-5-6-21-44(68)61-28-18-29-80-4)64-55(79)40(63-47(71)24-11-17-32-83-58-38(3)50(74)53(77)43(35-67)86-58)20-8-14-26-60-46(70)23-10-16-31-82-57-37(2)49(73)52(76)42(34-66)85-57/h36-43,48-53,56-58,65-67,72-77H,5-35H2,1-4H3,(H,59,69)(H,60,70)(H,61,68)(H,62,78)(H,63,71)(H,64,79)/t36?,37?,38?,39?,40?,41?,42?,43?,48-,49-,50-,51+,52+,53+,56-,57-,58-/m1/s1. The van der Waals surface area contributed by atoms with E-state index in [2.05, 4.69) is 31.9 Å². The lowest BCUT2D eigenvalue weighted by molar-refractivity contribution is -0.282. The number of ether oxygens (including phenoxy) is 7. The molecule has 3 saturated heterocycles. The summed E-state index contributed by atoms with van der Waals surface area (Å²) in [7, 11) is 1.59. The van der Waals surface area contributed by atoms with E-state index in [9.17, 15) is 74.7 Å². The molecule has 3 aliphatic rings. The van der Waals surface area contributed by atoms with Crippen molar-refractivity contribution in [2.24, 2.45) is 17.8 Å². The van der Waals surface area contributed by atoms with Crippen molar-refractivity contribution in [3.8, 4) is 0 Å². The molecule has 0 spiro atoms. The molecule has 0 aromatic carbocycles. The monoisotopic (exact) mass is 1240 g/mol. The van der Waals surface area contributed by atoms with Gasteiger partial charge in [0.15, 0.2) is 18.9 Å². The zero-order valence-corrected chi connectivity index (χ0v) is 51.1. The first-order valence-electron chi connectivity index (χ1n) is 31.2. The zero-order valence-electron chi connectivity index (χ0n) is 51.1. The van der Waals surface area contributed by atoms with Gasteiger partial charge in [0, 0.05) is 103 Å². The first-order valence-corrected chi connectivity index (χ1v) is 31.2. The van der Waals surface area contributed by atoms with Crippen LogP contribution in [0.1, 0.15) is 149 Å². The van der Waals surface area contributed by atoms with Crippen LogP contribution in [-0.4, -0.2) is 247 Å². The molecular weight excluding hydrogens is 1130 g/mol. The number of nitrogens with one attached hydrogen (secondary N) is 6. The van der Waals surface area contributed by atoms with Gasteiger partial charge in [-0.2, -0.15) is 0 Å². The summed E-state index contributed by atoms with van der Waals surface area (Å²) in [5, 5.41) is 107. The van der Waals surface area contributed by atoms with Gasteiger partial charge in [-0.05, 0) is 96.3 Å². The third-order valence-electron chi connectivity index (χ3n) is 15.8. The second kappa shape index (κ2) is 43.8. The Morgan fingerprint density at radius 2 is 0.721 bits per heavy atom. The average Bonchev–Trinajstić information content (AvgIpc) is 2.45. The highest BCUT2D eigenvalue weighted by atomic mass is 16.7. The number of aliphatic hydroxyl groups is 9. The van der Waals surface area contributed by atoms with Crippen molar-refractivity contribution < 1.29 is 108 Å². The second-order valence-electron chi connectivity index (χ2n) is 22.9. The largest absolute Gasteiger partial charge is 0.394 e. The minimum absolute atomic E-state index is 0.00701. The summed E-state index contributed by atoms with van der Waals surface area (Å²) in [5.41, 5.74) is 0. The summed E-state index contributed by atoms with van der Waals surface area (Å²) >= 11 is 0. The molecule has 28 nitrogen and oxygen atoms in total. The summed E-state index contributed by atoms with van der Waals surface area (Å²) in [5.74, 6) is -3.62. The lowest BCUT2D eigenvalue weighted by Gasteiger charge is -2.40. The van der Waals surface area contributed by atoms with Crippen molar-refractivity contribution in [1.82, 2.24) is 31.9 Å². The van der Waals surface area contributed by atoms with Crippen molar-refractivity contribution in [2.75, 3.05) is 79.5 Å². The second-order valence-corrected chi connectivity index (χ2v) is 22.9. The van der Waals surface area contributed by atoms with Gasteiger partial charge in [-0.3, -0.25) is 28.8 Å². The predicted molar refractivity (Wildman–Crippen MR) is 309 cm³/mol. The molecule has 86 heavy (non-hydrogen) atoms. The Morgan fingerprint density at radius 3 is 1.10 bits per heavy atom. The number of aliphatic hydroxyl groups excluding tert-OH is 9. The van der Waals surface area contributed by atoms with Crippen LogP contribution in [0.4, 0.5) is 0 Å². The van der Waals surface area contributed by atoms with Crippen LogP contribution in [0.15, 0.2) is 0 Å². The van der Waals surface area contributed by atoms with Crippen molar-refractivity contribution in [1.29, 1.82) is 0 Å². The van der Waals surface area contributed by atoms with Crippen LogP contribution in [0.25, 0.3) is 0 Å². The van der Waals surface area contributed by atoms with E-state index in [1.54, 1.807) is 27.9 Å². The highest BCUT2D eigenvalue weighted by Gasteiger charge is 2.45. The summed E-state index contributed by atoms with van der Waals surface area (Å²) in [6.07, 6.45) is -4.66. The normalized spacial score (nSPS) is 28.2. The number of unbranched alkanes of at least 4 members (excludes halogenated alkanes) is 7. The minimum Gasteiger partial charge on any atom is -0.394 e. The Kier molecular flexibility index (Phi) is 38.9. The number of rotatable bonds is 45. The lowest BCUT2D eigenvalue weighted by Crippen LogP contribution is -2.55. The van der Waals surface area contributed by atoms with Crippen LogP contribution in [0, 0.1) is 17.8 Å². The Labute approximate surface area is 506 Å². The predicted octanol–water partition coefficient (Wildman–Crippen LogP) is -1.86. The van der Waals surface area contributed by atoms with Crippen molar-refractivity contribution in [3.63, 3.8) is 0 Å². The maximum atomic E-state index is 14.2. The fourth-order valence-electron chi connectivity index (χ4n) is 10.1. The third kappa shape index (κ3) is 28.3. The van der Waals surface area contributed by atoms with Crippen LogP contribution in [-0.2, 0) is 61.9 Å². The first-order chi connectivity index (χ1) is 41.3. The van der Waals surface area contributed by atoms with E-state index >= 15 is 0 Å². The van der Waals surface area contributed by atoms with E-state index in [0.29, 0.717) is 116 Å². The summed E-state index contributed by atoms with van der Waals surface area (Å²) in [6, 6.07) is -2.09. The number of hydrogen-bond acceptors (Lipinski definition) is 22. The van der Waals surface area contributed by atoms with Crippen LogP contribution in [0.5, 0.6) is 0 Å². The van der Waals surface area contributed by atoms with Gasteiger partial charge in [0.25, 0.3) is 0 Å². The van der Waals surface area contributed by atoms with Gasteiger partial charge in [0.1, 0.15) is 48.7 Å². The van der Waals surface area contributed by atoms with Crippen LogP contribution < -0.4 is 31.9 Å². The summed E-state index contributed by atoms with van der Waals surface area (Å²) in [6.45, 7) is 5.98. The Bertz CT molecular complexity index is 1910. The molecule has 500 valence electrons. The van der Waals surface area contributed by atoms with Gasteiger partial charge in [-0.1, -0.05) is 27.2 Å².